The largest absolute Gasteiger partial charge is 0.311 e. The van der Waals surface area contributed by atoms with Crippen molar-refractivity contribution in [2.75, 3.05) is 13.1 Å². The topological polar surface area (TPSA) is 28.2 Å². The standard InChI is InChI=1S/C18H23N3/c1-15-12-21(13-17-10-6-7-11-19-17)18(2,14-20-15)16-8-4-3-5-9-16/h3-11,15,20H,12-14H2,1-2H3. The van der Waals surface area contributed by atoms with E-state index >= 15 is 0 Å². The Labute approximate surface area is 127 Å². The third-order valence-electron chi connectivity index (χ3n) is 4.46. The fourth-order valence-corrected chi connectivity index (χ4v) is 3.09. The average Bonchev–Trinajstić information content (AvgIpc) is 2.53. The monoisotopic (exact) mass is 281 g/mol. The molecule has 2 unspecified atom stereocenters. The van der Waals surface area contributed by atoms with E-state index in [2.05, 4.69) is 71.5 Å². The van der Waals surface area contributed by atoms with Crippen molar-refractivity contribution in [2.24, 2.45) is 0 Å². The van der Waals surface area contributed by atoms with Crippen LogP contribution in [0.5, 0.6) is 0 Å². The quantitative estimate of drug-likeness (QED) is 0.937. The van der Waals surface area contributed by atoms with Crippen molar-refractivity contribution in [1.29, 1.82) is 0 Å². The summed E-state index contributed by atoms with van der Waals surface area (Å²) in [6, 6.07) is 17.4. The smallest absolute Gasteiger partial charge is 0.0561 e. The van der Waals surface area contributed by atoms with Crippen LogP contribution < -0.4 is 5.32 Å². The Bertz CT molecular complexity index is 570. The Hall–Kier alpha value is -1.71. The lowest BCUT2D eigenvalue weighted by molar-refractivity contribution is 0.0447. The Morgan fingerprint density at radius 1 is 1.19 bits per heavy atom. The number of pyridine rings is 1. The summed E-state index contributed by atoms with van der Waals surface area (Å²) in [4.78, 5) is 7.04. The highest BCUT2D eigenvalue weighted by atomic mass is 15.3. The fraction of sp³-hybridized carbons (Fsp3) is 0.389. The van der Waals surface area contributed by atoms with Gasteiger partial charge in [0.05, 0.1) is 11.2 Å². The van der Waals surface area contributed by atoms with Gasteiger partial charge in [0.1, 0.15) is 0 Å². The Morgan fingerprint density at radius 2 is 1.95 bits per heavy atom. The van der Waals surface area contributed by atoms with Crippen LogP contribution in [0.4, 0.5) is 0 Å². The predicted octanol–water partition coefficient (Wildman–Crippen LogP) is 2.79. The minimum Gasteiger partial charge on any atom is -0.311 e. The van der Waals surface area contributed by atoms with Crippen LogP contribution in [-0.2, 0) is 12.1 Å². The molecule has 3 rings (SSSR count). The number of rotatable bonds is 3. The molecule has 0 aliphatic carbocycles. The molecule has 0 saturated carbocycles. The van der Waals surface area contributed by atoms with E-state index in [4.69, 9.17) is 0 Å². The van der Waals surface area contributed by atoms with Gasteiger partial charge >= 0.3 is 0 Å². The summed E-state index contributed by atoms with van der Waals surface area (Å²) in [6.07, 6.45) is 1.88. The molecule has 1 aromatic heterocycles. The number of nitrogens with zero attached hydrogens (tertiary/aromatic N) is 2. The van der Waals surface area contributed by atoms with E-state index in [1.807, 2.05) is 12.3 Å². The van der Waals surface area contributed by atoms with Crippen LogP contribution in [0.1, 0.15) is 25.1 Å². The summed E-state index contributed by atoms with van der Waals surface area (Å²) in [6.45, 7) is 7.45. The molecule has 0 spiro atoms. The van der Waals surface area contributed by atoms with Gasteiger partial charge in [0.15, 0.2) is 0 Å². The van der Waals surface area contributed by atoms with Crippen molar-refractivity contribution in [3.63, 3.8) is 0 Å². The Kier molecular flexibility index (Phi) is 4.04. The van der Waals surface area contributed by atoms with Crippen LogP contribution >= 0.6 is 0 Å². The van der Waals surface area contributed by atoms with Crippen molar-refractivity contribution < 1.29 is 0 Å². The lowest BCUT2D eigenvalue weighted by atomic mass is 9.87. The van der Waals surface area contributed by atoms with Gasteiger partial charge in [-0.25, -0.2) is 0 Å². The molecule has 2 heterocycles. The molecular formula is C18H23N3. The first-order valence-electron chi connectivity index (χ1n) is 7.62. The van der Waals surface area contributed by atoms with E-state index in [0.29, 0.717) is 6.04 Å². The molecule has 1 N–H and O–H groups in total. The highest BCUT2D eigenvalue weighted by Gasteiger charge is 2.38. The minimum absolute atomic E-state index is 0.00525. The van der Waals surface area contributed by atoms with Gasteiger partial charge in [-0.3, -0.25) is 9.88 Å². The molecule has 21 heavy (non-hydrogen) atoms. The van der Waals surface area contributed by atoms with Crippen molar-refractivity contribution >= 4 is 0 Å². The second kappa shape index (κ2) is 5.96. The third-order valence-corrected chi connectivity index (χ3v) is 4.46. The molecule has 1 aromatic carbocycles. The third kappa shape index (κ3) is 2.99. The number of piperazine rings is 1. The van der Waals surface area contributed by atoms with Crippen LogP contribution in [0.25, 0.3) is 0 Å². The summed E-state index contributed by atoms with van der Waals surface area (Å²) in [5, 5.41) is 3.62. The second-order valence-corrected chi connectivity index (χ2v) is 6.12. The average molecular weight is 281 g/mol. The molecule has 2 atom stereocenters. The Morgan fingerprint density at radius 3 is 2.67 bits per heavy atom. The number of nitrogens with one attached hydrogen (secondary N) is 1. The van der Waals surface area contributed by atoms with Crippen LogP contribution in [0.15, 0.2) is 54.7 Å². The van der Waals surface area contributed by atoms with Crippen LogP contribution in [0.2, 0.25) is 0 Å². The summed E-state index contributed by atoms with van der Waals surface area (Å²) in [5.74, 6) is 0. The van der Waals surface area contributed by atoms with E-state index in [1.54, 1.807) is 0 Å². The number of hydrogen-bond acceptors (Lipinski definition) is 3. The summed E-state index contributed by atoms with van der Waals surface area (Å²) in [5.41, 5.74) is 2.50. The summed E-state index contributed by atoms with van der Waals surface area (Å²) < 4.78 is 0. The van der Waals surface area contributed by atoms with Gasteiger partial charge in [-0.1, -0.05) is 36.4 Å². The maximum Gasteiger partial charge on any atom is 0.0561 e. The number of hydrogen-bond donors (Lipinski definition) is 1. The van der Waals surface area contributed by atoms with Gasteiger partial charge in [-0.15, -0.1) is 0 Å². The lowest BCUT2D eigenvalue weighted by Gasteiger charge is -2.47. The number of benzene rings is 1. The van der Waals surface area contributed by atoms with E-state index in [9.17, 15) is 0 Å². The maximum absolute atomic E-state index is 4.50. The first kappa shape index (κ1) is 14.2. The molecule has 1 fully saturated rings. The molecule has 0 bridgehead atoms. The lowest BCUT2D eigenvalue weighted by Crippen LogP contribution is -2.60. The molecule has 0 amide bonds. The molecule has 0 radical (unpaired) electrons. The molecule has 1 saturated heterocycles. The van der Waals surface area contributed by atoms with Crippen molar-refractivity contribution in [3.05, 3.63) is 66.0 Å². The first-order chi connectivity index (χ1) is 10.2. The highest BCUT2D eigenvalue weighted by molar-refractivity contribution is 5.25. The van der Waals surface area contributed by atoms with E-state index < -0.39 is 0 Å². The van der Waals surface area contributed by atoms with Crippen molar-refractivity contribution in [2.45, 2.75) is 32.0 Å². The molecule has 1 aliphatic rings. The summed E-state index contributed by atoms with van der Waals surface area (Å²) in [7, 11) is 0. The zero-order valence-corrected chi connectivity index (χ0v) is 12.8. The Balaban J connectivity index is 1.90. The normalized spacial score (nSPS) is 26.7. The highest BCUT2D eigenvalue weighted by Crippen LogP contribution is 2.31. The molecule has 3 heteroatoms. The van der Waals surface area contributed by atoms with Gasteiger partial charge < -0.3 is 5.32 Å². The fourth-order valence-electron chi connectivity index (χ4n) is 3.09. The van der Waals surface area contributed by atoms with Crippen molar-refractivity contribution in [3.8, 4) is 0 Å². The SMILES string of the molecule is CC1CN(Cc2ccccn2)C(C)(c2ccccc2)CN1. The van der Waals surface area contributed by atoms with Crippen LogP contribution in [-0.4, -0.2) is 29.0 Å². The molecule has 2 aromatic rings. The molecule has 110 valence electrons. The predicted molar refractivity (Wildman–Crippen MR) is 85.9 cm³/mol. The van der Waals surface area contributed by atoms with Crippen molar-refractivity contribution in [1.82, 2.24) is 15.2 Å². The maximum atomic E-state index is 4.50. The van der Waals surface area contributed by atoms with Gasteiger partial charge in [-0.05, 0) is 31.5 Å². The van der Waals surface area contributed by atoms with Gasteiger partial charge in [0, 0.05) is 31.9 Å². The molecule has 3 nitrogen and oxygen atoms in total. The second-order valence-electron chi connectivity index (χ2n) is 6.12. The van der Waals surface area contributed by atoms with E-state index in [1.165, 1.54) is 5.56 Å². The zero-order chi connectivity index (χ0) is 14.7. The summed E-state index contributed by atoms with van der Waals surface area (Å²) >= 11 is 0. The zero-order valence-electron chi connectivity index (χ0n) is 12.8. The molecular weight excluding hydrogens is 258 g/mol. The van der Waals surface area contributed by atoms with E-state index in [0.717, 1.165) is 25.3 Å². The van der Waals surface area contributed by atoms with Crippen LogP contribution in [0, 0.1) is 0 Å². The van der Waals surface area contributed by atoms with Crippen LogP contribution in [0.3, 0.4) is 0 Å². The molecule has 1 aliphatic heterocycles. The van der Waals surface area contributed by atoms with Gasteiger partial charge in [-0.2, -0.15) is 0 Å². The minimum atomic E-state index is 0.00525. The first-order valence-corrected chi connectivity index (χ1v) is 7.62. The van der Waals surface area contributed by atoms with Gasteiger partial charge in [0.25, 0.3) is 0 Å². The number of aromatic nitrogens is 1. The van der Waals surface area contributed by atoms with E-state index in [-0.39, 0.29) is 5.54 Å². The van der Waals surface area contributed by atoms with Gasteiger partial charge in [0.2, 0.25) is 0 Å².